The van der Waals surface area contributed by atoms with Crippen molar-refractivity contribution in [3.63, 3.8) is 0 Å². The molecule has 1 aromatic rings. The molecule has 0 aromatic carbocycles. The smallest absolute Gasteiger partial charge is 0.250 e. The van der Waals surface area contributed by atoms with Gasteiger partial charge in [-0.25, -0.2) is 0 Å². The first kappa shape index (κ1) is 13.8. The van der Waals surface area contributed by atoms with Crippen LogP contribution < -0.4 is 10.9 Å². The van der Waals surface area contributed by atoms with Crippen LogP contribution in [0.3, 0.4) is 0 Å². The molecule has 0 unspecified atom stereocenters. The molecule has 1 saturated carbocycles. The molecule has 3 nitrogen and oxygen atoms in total. The van der Waals surface area contributed by atoms with Crippen molar-refractivity contribution in [3.8, 4) is 0 Å². The number of aryl methyl sites for hydroxylation is 1. The third kappa shape index (κ3) is 4.25. The number of nitrogens with one attached hydrogen (secondary N) is 1. The summed E-state index contributed by atoms with van der Waals surface area (Å²) in [5, 5.41) is 3.60. The van der Waals surface area contributed by atoms with E-state index in [2.05, 4.69) is 21.2 Å². The Morgan fingerprint density at radius 1 is 1.28 bits per heavy atom. The second-order valence-electron chi connectivity index (χ2n) is 5.02. The molecule has 0 aliphatic heterocycles. The largest absolute Gasteiger partial charge is 0.314 e. The van der Waals surface area contributed by atoms with E-state index in [1.54, 1.807) is 16.7 Å². The van der Waals surface area contributed by atoms with Gasteiger partial charge in [-0.3, -0.25) is 4.79 Å². The highest BCUT2D eigenvalue weighted by Gasteiger charge is 2.11. The highest BCUT2D eigenvalue weighted by atomic mass is 79.9. The van der Waals surface area contributed by atoms with Crippen LogP contribution in [0.4, 0.5) is 0 Å². The molecule has 0 spiro atoms. The summed E-state index contributed by atoms with van der Waals surface area (Å²) in [6, 6.07) is 4.11. The van der Waals surface area contributed by atoms with Crippen molar-refractivity contribution in [2.45, 2.75) is 51.1 Å². The molecule has 0 atom stereocenters. The van der Waals surface area contributed by atoms with Crippen LogP contribution in [0.1, 0.15) is 38.5 Å². The number of aromatic nitrogens is 1. The number of rotatable bonds is 5. The van der Waals surface area contributed by atoms with Gasteiger partial charge in [0.2, 0.25) is 0 Å². The molecule has 1 aliphatic carbocycles. The fourth-order valence-corrected chi connectivity index (χ4v) is 2.92. The minimum atomic E-state index is 0.0795. The van der Waals surface area contributed by atoms with Crippen LogP contribution in [0, 0.1) is 0 Å². The Labute approximate surface area is 117 Å². The number of hydrogen-bond acceptors (Lipinski definition) is 2. The maximum atomic E-state index is 11.6. The average molecular weight is 313 g/mol. The van der Waals surface area contributed by atoms with Gasteiger partial charge in [0, 0.05) is 29.3 Å². The highest BCUT2D eigenvalue weighted by Crippen LogP contribution is 2.17. The molecule has 0 saturated heterocycles. The standard InChI is InChI=1S/C14H21BrN2O/c15-12-7-8-14(18)17(11-12)10-4-9-16-13-5-2-1-3-6-13/h7-8,11,13,16H,1-6,9-10H2. The van der Waals surface area contributed by atoms with E-state index in [-0.39, 0.29) is 5.56 Å². The lowest BCUT2D eigenvalue weighted by Gasteiger charge is -2.22. The molecule has 0 bridgehead atoms. The summed E-state index contributed by atoms with van der Waals surface area (Å²) in [4.78, 5) is 11.6. The third-order valence-corrected chi connectivity index (χ3v) is 4.03. The molecule has 1 aromatic heterocycles. The first-order chi connectivity index (χ1) is 8.75. The summed E-state index contributed by atoms with van der Waals surface area (Å²) in [5.74, 6) is 0. The molecule has 1 N–H and O–H groups in total. The number of nitrogens with zero attached hydrogens (tertiary/aromatic N) is 1. The fraction of sp³-hybridized carbons (Fsp3) is 0.643. The van der Waals surface area contributed by atoms with Gasteiger partial charge < -0.3 is 9.88 Å². The van der Waals surface area contributed by atoms with Crippen molar-refractivity contribution in [2.75, 3.05) is 6.54 Å². The molecular weight excluding hydrogens is 292 g/mol. The van der Waals surface area contributed by atoms with Crippen molar-refractivity contribution < 1.29 is 0 Å². The van der Waals surface area contributed by atoms with Crippen molar-refractivity contribution in [1.29, 1.82) is 0 Å². The second-order valence-corrected chi connectivity index (χ2v) is 5.94. The molecule has 100 valence electrons. The molecule has 2 rings (SSSR count). The van der Waals surface area contributed by atoms with Gasteiger partial charge in [0.05, 0.1) is 0 Å². The van der Waals surface area contributed by atoms with Gasteiger partial charge in [-0.2, -0.15) is 0 Å². The molecule has 4 heteroatoms. The predicted octanol–water partition coefficient (Wildman–Crippen LogP) is 2.92. The summed E-state index contributed by atoms with van der Waals surface area (Å²) in [6.07, 6.45) is 9.63. The summed E-state index contributed by atoms with van der Waals surface area (Å²) in [6.45, 7) is 1.79. The molecular formula is C14H21BrN2O. The van der Waals surface area contributed by atoms with Gasteiger partial charge >= 0.3 is 0 Å². The Morgan fingerprint density at radius 2 is 2.06 bits per heavy atom. The lowest BCUT2D eigenvalue weighted by molar-refractivity contribution is 0.368. The number of halogens is 1. The van der Waals surface area contributed by atoms with Crippen molar-refractivity contribution in [3.05, 3.63) is 33.2 Å². The molecule has 1 fully saturated rings. The maximum absolute atomic E-state index is 11.6. The van der Waals surface area contributed by atoms with E-state index >= 15 is 0 Å². The van der Waals surface area contributed by atoms with Crippen LogP contribution in [-0.2, 0) is 6.54 Å². The first-order valence-electron chi connectivity index (χ1n) is 6.85. The van der Waals surface area contributed by atoms with Crippen LogP contribution in [-0.4, -0.2) is 17.2 Å². The summed E-state index contributed by atoms with van der Waals surface area (Å²) in [7, 11) is 0. The van der Waals surface area contributed by atoms with Crippen molar-refractivity contribution >= 4 is 15.9 Å². The van der Waals surface area contributed by atoms with Crippen LogP contribution in [0.25, 0.3) is 0 Å². The zero-order chi connectivity index (χ0) is 12.8. The Morgan fingerprint density at radius 3 is 2.83 bits per heavy atom. The van der Waals surface area contributed by atoms with Gasteiger partial charge in [0.25, 0.3) is 5.56 Å². The summed E-state index contributed by atoms with van der Waals surface area (Å²) < 4.78 is 2.73. The fourth-order valence-electron chi connectivity index (χ4n) is 2.54. The lowest BCUT2D eigenvalue weighted by atomic mass is 9.95. The van der Waals surface area contributed by atoms with E-state index in [0.717, 1.165) is 24.0 Å². The highest BCUT2D eigenvalue weighted by molar-refractivity contribution is 9.10. The Kier molecular flexibility index (Phi) is 5.45. The van der Waals surface area contributed by atoms with Crippen LogP contribution in [0.15, 0.2) is 27.6 Å². The van der Waals surface area contributed by atoms with E-state index in [1.807, 2.05) is 6.20 Å². The van der Waals surface area contributed by atoms with E-state index in [1.165, 1.54) is 32.1 Å². The predicted molar refractivity (Wildman–Crippen MR) is 77.9 cm³/mol. The van der Waals surface area contributed by atoms with E-state index in [0.29, 0.717) is 6.04 Å². The normalized spacial score (nSPS) is 16.9. The summed E-state index contributed by atoms with van der Waals surface area (Å²) in [5.41, 5.74) is 0.0795. The van der Waals surface area contributed by atoms with Crippen LogP contribution in [0.5, 0.6) is 0 Å². The molecule has 1 heterocycles. The van der Waals surface area contributed by atoms with E-state index in [9.17, 15) is 4.79 Å². The number of pyridine rings is 1. The second kappa shape index (κ2) is 7.10. The maximum Gasteiger partial charge on any atom is 0.250 e. The van der Waals surface area contributed by atoms with Gasteiger partial charge in [0.15, 0.2) is 0 Å². The zero-order valence-corrected chi connectivity index (χ0v) is 12.3. The molecule has 1 aliphatic rings. The van der Waals surface area contributed by atoms with Gasteiger partial charge in [0.1, 0.15) is 0 Å². The lowest BCUT2D eigenvalue weighted by Crippen LogP contribution is -2.32. The van der Waals surface area contributed by atoms with E-state index < -0.39 is 0 Å². The number of hydrogen-bond donors (Lipinski definition) is 1. The van der Waals surface area contributed by atoms with Gasteiger partial charge in [-0.1, -0.05) is 19.3 Å². The third-order valence-electron chi connectivity index (χ3n) is 3.56. The van der Waals surface area contributed by atoms with Gasteiger partial charge in [-0.15, -0.1) is 0 Å². The SMILES string of the molecule is O=c1ccc(Br)cn1CCCNC1CCCCC1. The average Bonchev–Trinajstić information content (AvgIpc) is 2.40. The zero-order valence-electron chi connectivity index (χ0n) is 10.7. The Hall–Kier alpha value is -0.610. The van der Waals surface area contributed by atoms with Crippen molar-refractivity contribution in [2.24, 2.45) is 0 Å². The topological polar surface area (TPSA) is 34.0 Å². The Balaban J connectivity index is 1.71. The van der Waals surface area contributed by atoms with Crippen molar-refractivity contribution in [1.82, 2.24) is 9.88 Å². The quantitative estimate of drug-likeness (QED) is 0.848. The Bertz CT molecular complexity index is 424. The van der Waals surface area contributed by atoms with E-state index in [4.69, 9.17) is 0 Å². The molecule has 0 radical (unpaired) electrons. The summed E-state index contributed by atoms with van der Waals surface area (Å²) >= 11 is 3.39. The molecule has 18 heavy (non-hydrogen) atoms. The van der Waals surface area contributed by atoms with Gasteiger partial charge in [-0.05, 0) is 47.8 Å². The minimum Gasteiger partial charge on any atom is -0.314 e. The molecule has 0 amide bonds. The minimum absolute atomic E-state index is 0.0795. The van der Waals surface area contributed by atoms with Crippen LogP contribution in [0.2, 0.25) is 0 Å². The first-order valence-corrected chi connectivity index (χ1v) is 7.64. The van der Waals surface area contributed by atoms with Crippen LogP contribution >= 0.6 is 15.9 Å². The monoisotopic (exact) mass is 312 g/mol.